The van der Waals surface area contributed by atoms with Gasteiger partial charge in [-0.3, -0.25) is 4.79 Å². The highest BCUT2D eigenvalue weighted by molar-refractivity contribution is 5.77. The van der Waals surface area contributed by atoms with E-state index in [1.807, 2.05) is 19.4 Å². The van der Waals surface area contributed by atoms with E-state index in [1.54, 1.807) is 4.90 Å². The van der Waals surface area contributed by atoms with Crippen molar-refractivity contribution < 1.29 is 14.3 Å². The molecule has 0 saturated carbocycles. The molecule has 1 saturated heterocycles. The van der Waals surface area contributed by atoms with Gasteiger partial charge in [0.15, 0.2) is 0 Å². The summed E-state index contributed by atoms with van der Waals surface area (Å²) in [5.74, 6) is 1.67. The summed E-state index contributed by atoms with van der Waals surface area (Å²) >= 11 is 0. The van der Waals surface area contributed by atoms with Gasteiger partial charge in [0.2, 0.25) is 5.91 Å². The molecule has 2 aliphatic rings. The van der Waals surface area contributed by atoms with Crippen molar-refractivity contribution in [3.05, 3.63) is 18.2 Å². The highest BCUT2D eigenvalue weighted by Crippen LogP contribution is 2.19. The molecule has 2 aliphatic heterocycles. The monoisotopic (exact) mass is 307 g/mol. The van der Waals surface area contributed by atoms with Gasteiger partial charge in [0.1, 0.15) is 12.4 Å². The second kappa shape index (κ2) is 7.24. The summed E-state index contributed by atoms with van der Waals surface area (Å²) in [6, 6.07) is 0. The Balaban J connectivity index is 1.38. The van der Waals surface area contributed by atoms with Crippen molar-refractivity contribution in [2.24, 2.45) is 5.92 Å². The van der Waals surface area contributed by atoms with Crippen LogP contribution in [0.3, 0.4) is 0 Å². The number of imidazole rings is 1. The SMILES string of the molecule is CN(C[C@@H]1CCn2ccnc2C1)C(=O)COC[C@H]1CCCO1. The minimum Gasteiger partial charge on any atom is -0.376 e. The predicted molar refractivity (Wildman–Crippen MR) is 81.5 cm³/mol. The first kappa shape index (κ1) is 15.5. The van der Waals surface area contributed by atoms with Crippen LogP contribution in [-0.4, -0.2) is 59.9 Å². The lowest BCUT2D eigenvalue weighted by Crippen LogP contribution is -2.37. The minimum absolute atomic E-state index is 0.0481. The molecule has 22 heavy (non-hydrogen) atoms. The number of rotatable bonds is 6. The molecule has 122 valence electrons. The third-order valence-electron chi connectivity index (χ3n) is 4.56. The largest absolute Gasteiger partial charge is 0.376 e. The molecule has 0 bridgehead atoms. The zero-order chi connectivity index (χ0) is 15.4. The lowest BCUT2D eigenvalue weighted by molar-refractivity contribution is -0.136. The van der Waals surface area contributed by atoms with Gasteiger partial charge in [-0.1, -0.05) is 0 Å². The van der Waals surface area contributed by atoms with Gasteiger partial charge in [-0.05, 0) is 25.2 Å². The summed E-state index contributed by atoms with van der Waals surface area (Å²) in [5, 5.41) is 0. The quantitative estimate of drug-likeness (QED) is 0.790. The highest BCUT2D eigenvalue weighted by atomic mass is 16.5. The zero-order valence-corrected chi connectivity index (χ0v) is 13.2. The number of carbonyl (C=O) groups excluding carboxylic acids is 1. The van der Waals surface area contributed by atoms with E-state index in [-0.39, 0.29) is 18.6 Å². The molecule has 1 aromatic rings. The minimum atomic E-state index is 0.0481. The van der Waals surface area contributed by atoms with Crippen LogP contribution in [-0.2, 0) is 27.2 Å². The van der Waals surface area contributed by atoms with Crippen molar-refractivity contribution >= 4 is 5.91 Å². The van der Waals surface area contributed by atoms with Crippen molar-refractivity contribution in [1.82, 2.24) is 14.5 Å². The fraction of sp³-hybridized carbons (Fsp3) is 0.750. The van der Waals surface area contributed by atoms with E-state index >= 15 is 0 Å². The Bertz CT molecular complexity index is 497. The maximum atomic E-state index is 12.1. The Morgan fingerprint density at radius 3 is 3.27 bits per heavy atom. The van der Waals surface area contributed by atoms with Crippen molar-refractivity contribution in [3.63, 3.8) is 0 Å². The standard InChI is InChI=1S/C16H25N3O3/c1-18(16(20)12-21-11-14-3-2-8-22-14)10-13-4-6-19-7-5-17-15(19)9-13/h5,7,13-14H,2-4,6,8-12H2,1H3/t13-,14-/m1/s1. The molecule has 1 amide bonds. The topological polar surface area (TPSA) is 56.6 Å². The molecule has 1 aromatic heterocycles. The Kier molecular flexibility index (Phi) is 5.10. The molecule has 0 aliphatic carbocycles. The van der Waals surface area contributed by atoms with Crippen LogP contribution in [0.2, 0.25) is 0 Å². The maximum absolute atomic E-state index is 12.1. The van der Waals surface area contributed by atoms with Crippen molar-refractivity contribution in [2.45, 2.75) is 38.3 Å². The molecular formula is C16H25N3O3. The van der Waals surface area contributed by atoms with E-state index in [1.165, 1.54) is 0 Å². The van der Waals surface area contributed by atoms with E-state index in [0.717, 1.165) is 51.2 Å². The van der Waals surface area contributed by atoms with Gasteiger partial charge in [0, 0.05) is 45.6 Å². The van der Waals surface area contributed by atoms with Gasteiger partial charge in [-0.25, -0.2) is 4.98 Å². The van der Waals surface area contributed by atoms with Crippen LogP contribution in [0.4, 0.5) is 0 Å². The number of hydrogen-bond donors (Lipinski definition) is 0. The van der Waals surface area contributed by atoms with E-state index in [0.29, 0.717) is 12.5 Å². The highest BCUT2D eigenvalue weighted by Gasteiger charge is 2.22. The second-order valence-corrected chi connectivity index (χ2v) is 6.32. The predicted octanol–water partition coefficient (Wildman–Crippen LogP) is 1.10. The molecule has 0 radical (unpaired) electrons. The van der Waals surface area contributed by atoms with Gasteiger partial charge in [0.25, 0.3) is 0 Å². The Morgan fingerprint density at radius 2 is 2.45 bits per heavy atom. The molecular weight excluding hydrogens is 282 g/mol. The van der Waals surface area contributed by atoms with Crippen LogP contribution >= 0.6 is 0 Å². The lowest BCUT2D eigenvalue weighted by Gasteiger charge is -2.27. The lowest BCUT2D eigenvalue weighted by atomic mass is 9.97. The third kappa shape index (κ3) is 3.87. The summed E-state index contributed by atoms with van der Waals surface area (Å²) in [6.07, 6.45) is 8.23. The van der Waals surface area contributed by atoms with E-state index in [9.17, 15) is 4.79 Å². The number of ether oxygens (including phenoxy) is 2. The number of fused-ring (bicyclic) bond motifs is 1. The van der Waals surface area contributed by atoms with Crippen molar-refractivity contribution in [1.29, 1.82) is 0 Å². The van der Waals surface area contributed by atoms with E-state index in [4.69, 9.17) is 9.47 Å². The van der Waals surface area contributed by atoms with Crippen LogP contribution in [0.15, 0.2) is 12.4 Å². The number of amides is 1. The molecule has 0 spiro atoms. The Morgan fingerprint density at radius 1 is 1.55 bits per heavy atom. The molecule has 0 N–H and O–H groups in total. The first-order valence-corrected chi connectivity index (χ1v) is 8.15. The fourth-order valence-corrected chi connectivity index (χ4v) is 3.22. The fourth-order valence-electron chi connectivity index (χ4n) is 3.22. The molecule has 0 aromatic carbocycles. The van der Waals surface area contributed by atoms with E-state index in [2.05, 4.69) is 9.55 Å². The summed E-state index contributed by atoms with van der Waals surface area (Å²) in [5.41, 5.74) is 0. The van der Waals surface area contributed by atoms with Crippen LogP contribution < -0.4 is 0 Å². The molecule has 6 nitrogen and oxygen atoms in total. The molecule has 3 heterocycles. The first-order chi connectivity index (χ1) is 10.7. The van der Waals surface area contributed by atoms with Crippen LogP contribution in [0.1, 0.15) is 25.1 Å². The third-order valence-corrected chi connectivity index (χ3v) is 4.56. The summed E-state index contributed by atoms with van der Waals surface area (Å²) < 4.78 is 13.2. The van der Waals surface area contributed by atoms with Gasteiger partial charge in [-0.2, -0.15) is 0 Å². The summed E-state index contributed by atoms with van der Waals surface area (Å²) in [6.45, 7) is 3.27. The zero-order valence-electron chi connectivity index (χ0n) is 13.2. The molecule has 0 unspecified atom stereocenters. The number of aromatic nitrogens is 2. The number of carbonyl (C=O) groups is 1. The normalized spacial score (nSPS) is 24.2. The number of aryl methyl sites for hydroxylation is 1. The van der Waals surface area contributed by atoms with Crippen LogP contribution in [0, 0.1) is 5.92 Å². The number of nitrogens with zero attached hydrogens (tertiary/aromatic N) is 3. The van der Waals surface area contributed by atoms with Gasteiger partial charge >= 0.3 is 0 Å². The average molecular weight is 307 g/mol. The Hall–Kier alpha value is -1.40. The second-order valence-electron chi connectivity index (χ2n) is 6.32. The number of hydrogen-bond acceptors (Lipinski definition) is 4. The molecule has 3 rings (SSSR count). The van der Waals surface area contributed by atoms with Gasteiger partial charge in [0.05, 0.1) is 12.7 Å². The molecule has 6 heteroatoms. The van der Waals surface area contributed by atoms with Crippen molar-refractivity contribution in [3.8, 4) is 0 Å². The first-order valence-electron chi connectivity index (χ1n) is 8.15. The van der Waals surface area contributed by atoms with Gasteiger partial charge < -0.3 is 18.9 Å². The number of likely N-dealkylation sites (N-methyl/N-ethyl adjacent to an activating group) is 1. The summed E-state index contributed by atoms with van der Waals surface area (Å²) in [4.78, 5) is 18.3. The molecule has 2 atom stereocenters. The van der Waals surface area contributed by atoms with Crippen LogP contribution in [0.25, 0.3) is 0 Å². The smallest absolute Gasteiger partial charge is 0.248 e. The van der Waals surface area contributed by atoms with Crippen molar-refractivity contribution in [2.75, 3.05) is 33.4 Å². The summed E-state index contributed by atoms with van der Waals surface area (Å²) in [7, 11) is 1.86. The maximum Gasteiger partial charge on any atom is 0.248 e. The van der Waals surface area contributed by atoms with Crippen LogP contribution in [0.5, 0.6) is 0 Å². The Labute approximate surface area is 131 Å². The van der Waals surface area contributed by atoms with Gasteiger partial charge in [-0.15, -0.1) is 0 Å². The molecule has 1 fully saturated rings. The van der Waals surface area contributed by atoms with E-state index < -0.39 is 0 Å². The average Bonchev–Trinajstić information content (AvgIpc) is 3.17.